The molecule has 1 aliphatic rings. The van der Waals surface area contributed by atoms with Gasteiger partial charge in [-0.25, -0.2) is 23.1 Å². The van der Waals surface area contributed by atoms with Gasteiger partial charge in [0.15, 0.2) is 23.1 Å². The molecule has 1 unspecified atom stereocenters. The van der Waals surface area contributed by atoms with Gasteiger partial charge in [0.2, 0.25) is 0 Å². The van der Waals surface area contributed by atoms with Crippen LogP contribution in [0, 0.1) is 11.6 Å². The summed E-state index contributed by atoms with van der Waals surface area (Å²) in [5.74, 6) is -2.03. The van der Waals surface area contributed by atoms with Gasteiger partial charge < -0.3 is 24.9 Å². The number of rotatable bonds is 5. The molecule has 0 spiro atoms. The van der Waals surface area contributed by atoms with E-state index in [9.17, 15) is 13.2 Å². The highest BCUT2D eigenvalue weighted by atomic mass is 19.1. The number of hydrogen-bond acceptors (Lipinski definition) is 6. The molecule has 1 atom stereocenters. The van der Waals surface area contributed by atoms with Crippen molar-refractivity contribution in [3.63, 3.8) is 0 Å². The molecule has 0 amide bonds. The van der Waals surface area contributed by atoms with Crippen LogP contribution in [0.2, 0.25) is 0 Å². The second-order valence-electron chi connectivity index (χ2n) is 7.65. The van der Waals surface area contributed by atoms with Gasteiger partial charge in [0, 0.05) is 30.2 Å². The number of benzene rings is 1. The molecule has 1 aliphatic heterocycles. The molecule has 7 nitrogen and oxygen atoms in total. The van der Waals surface area contributed by atoms with Crippen LogP contribution in [0.4, 0.5) is 18.9 Å². The number of aliphatic imine (C=N–C) groups is 1. The Hall–Kier alpha value is -3.27. The number of nitrogens with one attached hydrogen (secondary N) is 2. The first-order chi connectivity index (χ1) is 14.8. The van der Waals surface area contributed by atoms with Crippen molar-refractivity contribution in [3.05, 3.63) is 47.8 Å². The molecule has 3 heterocycles. The third-order valence-corrected chi connectivity index (χ3v) is 4.91. The zero-order chi connectivity index (χ0) is 22.2. The summed E-state index contributed by atoms with van der Waals surface area (Å²) in [6.45, 7) is 2.50. The Labute approximate surface area is 175 Å². The van der Waals surface area contributed by atoms with Crippen LogP contribution in [0.25, 0.3) is 11.0 Å². The lowest BCUT2D eigenvalue weighted by Gasteiger charge is -2.26. The highest BCUT2D eigenvalue weighted by Gasteiger charge is 2.34. The van der Waals surface area contributed by atoms with Crippen LogP contribution in [0.5, 0.6) is 11.5 Å². The number of alkyl halides is 1. The van der Waals surface area contributed by atoms with Crippen LogP contribution in [-0.2, 0) is 4.74 Å². The summed E-state index contributed by atoms with van der Waals surface area (Å²) in [6.07, 6.45) is 3.28. The third-order valence-electron chi connectivity index (χ3n) is 4.91. The molecule has 0 bridgehead atoms. The quantitative estimate of drug-likeness (QED) is 0.558. The minimum absolute atomic E-state index is 0.0147. The lowest BCUT2D eigenvalue weighted by Crippen LogP contribution is -2.43. The second kappa shape index (κ2) is 8.10. The molecule has 0 saturated carbocycles. The maximum Gasteiger partial charge on any atom is 0.289 e. The van der Waals surface area contributed by atoms with Crippen LogP contribution < -0.4 is 10.1 Å². The highest BCUT2D eigenvalue weighted by molar-refractivity contribution is 5.90. The summed E-state index contributed by atoms with van der Waals surface area (Å²) >= 11 is 0. The van der Waals surface area contributed by atoms with Gasteiger partial charge in [-0.3, -0.25) is 0 Å². The lowest BCUT2D eigenvalue weighted by molar-refractivity contribution is 0.0181. The van der Waals surface area contributed by atoms with E-state index in [4.69, 9.17) is 14.6 Å². The molecule has 0 radical (unpaired) electrons. The van der Waals surface area contributed by atoms with Crippen LogP contribution >= 0.6 is 0 Å². The summed E-state index contributed by atoms with van der Waals surface area (Å²) in [5.41, 5.74) is -0.487. The number of H-pyrrole nitrogens is 1. The van der Waals surface area contributed by atoms with Crippen molar-refractivity contribution in [3.8, 4) is 11.5 Å². The van der Waals surface area contributed by atoms with Gasteiger partial charge in [-0.2, -0.15) is 0 Å². The van der Waals surface area contributed by atoms with Crippen LogP contribution in [0.3, 0.4) is 0 Å². The van der Waals surface area contributed by atoms with Crippen molar-refractivity contribution in [1.82, 2.24) is 9.97 Å². The summed E-state index contributed by atoms with van der Waals surface area (Å²) in [5, 5.41) is 12.2. The summed E-state index contributed by atoms with van der Waals surface area (Å²) in [7, 11) is 0. The molecule has 4 rings (SSSR count). The Morgan fingerprint density at radius 1 is 1.32 bits per heavy atom. The summed E-state index contributed by atoms with van der Waals surface area (Å²) in [4.78, 5) is 11.1. The molecule has 1 aromatic carbocycles. The van der Waals surface area contributed by atoms with E-state index in [-0.39, 0.29) is 29.9 Å². The van der Waals surface area contributed by atoms with Crippen molar-refractivity contribution < 1.29 is 27.8 Å². The number of pyridine rings is 1. The standard InChI is InChI=1S/C21H21F3N4O3/c1-11(2)13-7-26-19-17(13)16(3-4-25-19)31-18-14(22)5-12(6-15(18)23)28-20-27-8-21(24,9-29)10-30-20/h3-7,11,29H,8-10H2,1-2H3,(H,25,26)(H,27,28). The van der Waals surface area contributed by atoms with Gasteiger partial charge in [-0.05, 0) is 17.5 Å². The minimum atomic E-state index is -1.97. The first kappa shape index (κ1) is 21.0. The number of aromatic amines is 1. The molecule has 31 heavy (non-hydrogen) atoms. The van der Waals surface area contributed by atoms with E-state index in [2.05, 4.69) is 20.3 Å². The van der Waals surface area contributed by atoms with Crippen LogP contribution in [0.15, 0.2) is 35.6 Å². The smallest absolute Gasteiger partial charge is 0.289 e. The Balaban J connectivity index is 1.59. The molecular weight excluding hydrogens is 413 g/mol. The largest absolute Gasteiger partial charge is 0.461 e. The molecule has 3 aromatic rings. The monoisotopic (exact) mass is 434 g/mol. The Kier molecular flexibility index (Phi) is 5.48. The first-order valence-electron chi connectivity index (χ1n) is 9.66. The normalized spacial score (nSPS) is 18.7. The summed E-state index contributed by atoms with van der Waals surface area (Å²) in [6, 6.07) is 3.49. The van der Waals surface area contributed by atoms with E-state index >= 15 is 0 Å². The van der Waals surface area contributed by atoms with Gasteiger partial charge in [-0.15, -0.1) is 0 Å². The van der Waals surface area contributed by atoms with Crippen LogP contribution in [-0.4, -0.2) is 46.5 Å². The van der Waals surface area contributed by atoms with E-state index in [0.29, 0.717) is 11.0 Å². The predicted molar refractivity (Wildman–Crippen MR) is 109 cm³/mol. The molecule has 0 aliphatic carbocycles. The average molecular weight is 434 g/mol. The fourth-order valence-electron chi connectivity index (χ4n) is 3.23. The Morgan fingerprint density at radius 3 is 2.68 bits per heavy atom. The molecule has 0 fully saturated rings. The van der Waals surface area contributed by atoms with Gasteiger partial charge in [-0.1, -0.05) is 13.8 Å². The average Bonchev–Trinajstić information content (AvgIpc) is 3.18. The van der Waals surface area contributed by atoms with Gasteiger partial charge in [0.05, 0.1) is 18.5 Å². The van der Waals surface area contributed by atoms with Crippen molar-refractivity contribution in [2.45, 2.75) is 25.4 Å². The number of ether oxygens (including phenoxy) is 2. The molecule has 0 saturated heterocycles. The highest BCUT2D eigenvalue weighted by Crippen LogP contribution is 2.37. The van der Waals surface area contributed by atoms with Gasteiger partial charge >= 0.3 is 0 Å². The van der Waals surface area contributed by atoms with E-state index in [1.54, 1.807) is 12.3 Å². The molecule has 3 N–H and O–H groups in total. The summed E-state index contributed by atoms with van der Waals surface area (Å²) < 4.78 is 54.0. The Morgan fingerprint density at radius 2 is 2.06 bits per heavy atom. The zero-order valence-corrected chi connectivity index (χ0v) is 16.9. The van der Waals surface area contributed by atoms with E-state index in [0.717, 1.165) is 17.7 Å². The second-order valence-corrected chi connectivity index (χ2v) is 7.65. The number of nitrogens with zero attached hydrogens (tertiary/aromatic N) is 2. The SMILES string of the molecule is CC(C)c1c[nH]c2nccc(Oc3c(F)cc(NC4=NCC(F)(CO)CO4)cc3F)c12. The number of aliphatic hydroxyl groups excluding tert-OH is 1. The van der Waals surface area contributed by atoms with Crippen molar-refractivity contribution in [2.75, 3.05) is 25.1 Å². The lowest BCUT2D eigenvalue weighted by atomic mass is 10.0. The molecule has 10 heteroatoms. The number of anilines is 1. The van der Waals surface area contributed by atoms with Crippen LogP contribution in [0.1, 0.15) is 25.3 Å². The van der Waals surface area contributed by atoms with E-state index in [1.807, 2.05) is 13.8 Å². The van der Waals surface area contributed by atoms with E-state index < -0.39 is 36.3 Å². The number of halogens is 3. The van der Waals surface area contributed by atoms with Crippen molar-refractivity contribution >= 4 is 22.7 Å². The maximum absolute atomic E-state index is 14.7. The number of aliphatic hydroxyl groups is 1. The third kappa shape index (κ3) is 4.15. The number of amidine groups is 1. The molecule has 2 aromatic heterocycles. The zero-order valence-electron chi connectivity index (χ0n) is 16.9. The molecule has 164 valence electrons. The topological polar surface area (TPSA) is 91.8 Å². The van der Waals surface area contributed by atoms with Gasteiger partial charge in [0.1, 0.15) is 18.0 Å². The maximum atomic E-state index is 14.7. The van der Waals surface area contributed by atoms with Gasteiger partial charge in [0.25, 0.3) is 6.02 Å². The number of hydrogen-bond donors (Lipinski definition) is 3. The first-order valence-corrected chi connectivity index (χ1v) is 9.66. The number of aromatic nitrogens is 2. The van der Waals surface area contributed by atoms with E-state index in [1.165, 1.54) is 6.20 Å². The van der Waals surface area contributed by atoms with Crippen molar-refractivity contribution in [1.29, 1.82) is 0 Å². The predicted octanol–water partition coefficient (Wildman–Crippen LogP) is 4.26. The minimum Gasteiger partial charge on any atom is -0.461 e. The van der Waals surface area contributed by atoms with Crippen molar-refractivity contribution in [2.24, 2.45) is 4.99 Å². The fraction of sp³-hybridized carbons (Fsp3) is 0.333. The Bertz CT molecular complexity index is 1130. The molecular formula is C21H21F3N4O3. The fourth-order valence-corrected chi connectivity index (χ4v) is 3.23. The number of fused-ring (bicyclic) bond motifs is 1.